The predicted octanol–water partition coefficient (Wildman–Crippen LogP) is 4.31. The molecule has 2 aromatic rings. The number of amides is 1. The number of hydrogen-bond acceptors (Lipinski definition) is 6. The number of carbonyl (C=O) groups is 1. The predicted molar refractivity (Wildman–Crippen MR) is 107 cm³/mol. The van der Waals surface area contributed by atoms with E-state index in [1.54, 1.807) is 23.1 Å². The van der Waals surface area contributed by atoms with Gasteiger partial charge in [-0.1, -0.05) is 6.07 Å². The lowest BCUT2D eigenvalue weighted by atomic mass is 10.1. The van der Waals surface area contributed by atoms with Crippen LogP contribution in [0.5, 0.6) is 0 Å². The Balaban J connectivity index is 1.97. The van der Waals surface area contributed by atoms with Crippen molar-refractivity contribution in [2.75, 3.05) is 6.54 Å². The number of non-ortho nitro benzene ring substituents is 1. The molecular weight excluding hydrogens is 364 g/mol. The van der Waals surface area contributed by atoms with Crippen LogP contribution in [-0.2, 0) is 4.79 Å². The van der Waals surface area contributed by atoms with Crippen molar-refractivity contribution in [1.29, 1.82) is 0 Å². The van der Waals surface area contributed by atoms with Gasteiger partial charge in [0, 0.05) is 24.4 Å². The molecule has 1 aromatic carbocycles. The average molecular weight is 382 g/mol. The van der Waals surface area contributed by atoms with Crippen LogP contribution in [0, 0.1) is 17.0 Å². The molecule has 1 aromatic heterocycles. The minimum Gasteiger partial charge on any atom is -0.287 e. The minimum atomic E-state index is -0.444. The van der Waals surface area contributed by atoms with E-state index in [0.29, 0.717) is 22.4 Å². The molecule has 2 heterocycles. The van der Waals surface area contributed by atoms with Gasteiger partial charge in [-0.15, -0.1) is 0 Å². The van der Waals surface area contributed by atoms with Crippen LogP contribution in [0.4, 0.5) is 11.5 Å². The summed E-state index contributed by atoms with van der Waals surface area (Å²) in [5.74, 6) is 0.433. The molecule has 3 rings (SSSR count). The van der Waals surface area contributed by atoms with Gasteiger partial charge >= 0.3 is 0 Å². The molecule has 0 atom stereocenters. The first-order chi connectivity index (χ1) is 12.9. The van der Waals surface area contributed by atoms with Crippen LogP contribution < -0.4 is 0 Å². The first kappa shape index (κ1) is 18.8. The van der Waals surface area contributed by atoms with Crippen molar-refractivity contribution < 1.29 is 9.72 Å². The molecule has 0 bridgehead atoms. The third-order valence-corrected chi connectivity index (χ3v) is 5.29. The molecule has 0 N–H and O–H groups in total. The summed E-state index contributed by atoms with van der Waals surface area (Å²) >= 11 is 1.30. The van der Waals surface area contributed by atoms with Crippen LogP contribution in [0.15, 0.2) is 52.4 Å². The molecule has 1 aliphatic rings. The van der Waals surface area contributed by atoms with E-state index in [1.165, 1.54) is 23.9 Å². The Hall–Kier alpha value is -3.00. The number of amidine groups is 1. The van der Waals surface area contributed by atoms with Crippen LogP contribution in [-0.4, -0.2) is 32.4 Å². The summed E-state index contributed by atoms with van der Waals surface area (Å²) in [6.45, 7) is 6.11. The fraction of sp³-hybridized carbons (Fsp3) is 0.211. The summed E-state index contributed by atoms with van der Waals surface area (Å²) < 4.78 is 0. The van der Waals surface area contributed by atoms with Crippen LogP contribution in [0.25, 0.3) is 5.57 Å². The Morgan fingerprint density at radius 3 is 2.56 bits per heavy atom. The summed E-state index contributed by atoms with van der Waals surface area (Å²) in [5, 5.41) is 11.4. The Labute approximate surface area is 161 Å². The second-order valence-electron chi connectivity index (χ2n) is 5.94. The number of aliphatic imine (C=N–C) groups is 1. The minimum absolute atomic E-state index is 0.0184. The van der Waals surface area contributed by atoms with E-state index in [4.69, 9.17) is 0 Å². The van der Waals surface area contributed by atoms with Crippen LogP contribution in [0.1, 0.15) is 25.1 Å². The number of nitro groups is 1. The van der Waals surface area contributed by atoms with Gasteiger partial charge in [-0.05, 0) is 67.9 Å². The van der Waals surface area contributed by atoms with Crippen LogP contribution in [0.3, 0.4) is 0 Å². The number of thioether (sulfide) groups is 1. The topological polar surface area (TPSA) is 88.7 Å². The Morgan fingerprint density at radius 2 is 1.96 bits per heavy atom. The van der Waals surface area contributed by atoms with Crippen molar-refractivity contribution in [2.45, 2.75) is 20.8 Å². The zero-order chi connectivity index (χ0) is 19.6. The highest BCUT2D eigenvalue weighted by Gasteiger charge is 2.34. The number of nitrogens with zero attached hydrogens (tertiary/aromatic N) is 4. The number of pyridine rings is 1. The largest absolute Gasteiger partial charge is 0.287 e. The van der Waals surface area contributed by atoms with Gasteiger partial charge in [-0.25, -0.2) is 9.98 Å². The number of allylic oxidation sites excluding steroid dienone is 1. The molecule has 8 heteroatoms. The third-order valence-electron chi connectivity index (χ3n) is 4.12. The second kappa shape index (κ2) is 7.71. The van der Waals surface area contributed by atoms with Crippen molar-refractivity contribution >= 4 is 39.9 Å². The maximum atomic E-state index is 12.8. The quantitative estimate of drug-likeness (QED) is 0.446. The number of aromatic nitrogens is 1. The molecule has 0 saturated carbocycles. The lowest BCUT2D eigenvalue weighted by Crippen LogP contribution is -2.28. The molecule has 1 saturated heterocycles. The molecule has 0 spiro atoms. The number of rotatable bonds is 4. The number of hydrogen-bond donors (Lipinski definition) is 0. The van der Waals surface area contributed by atoms with E-state index in [0.717, 1.165) is 16.8 Å². The highest BCUT2D eigenvalue weighted by atomic mass is 32.2. The van der Waals surface area contributed by atoms with E-state index in [1.807, 2.05) is 32.9 Å². The lowest BCUT2D eigenvalue weighted by Gasteiger charge is -2.12. The molecule has 0 radical (unpaired) electrons. The molecular formula is C19H18N4O3S. The van der Waals surface area contributed by atoms with E-state index >= 15 is 0 Å². The SMILES string of the molecule is CCN1C(=O)/C(=C(\C)c2ccc([N+](=O)[O-])cc2)S/C1=N/c1cccc(C)n1. The molecule has 1 fully saturated rings. The van der Waals surface area contributed by atoms with Crippen molar-refractivity contribution in [3.05, 3.63) is 68.7 Å². The zero-order valence-electron chi connectivity index (χ0n) is 15.2. The lowest BCUT2D eigenvalue weighted by molar-refractivity contribution is -0.384. The van der Waals surface area contributed by atoms with Crippen molar-refractivity contribution in [2.24, 2.45) is 4.99 Å². The molecule has 138 valence electrons. The fourth-order valence-electron chi connectivity index (χ4n) is 2.65. The summed E-state index contributed by atoms with van der Waals surface area (Å²) in [4.78, 5) is 34.3. The first-order valence-corrected chi connectivity index (χ1v) is 9.20. The number of nitro benzene ring substituents is 1. The standard InChI is InChI=1S/C19H18N4O3S/c1-4-22-18(24)17(13(3)14-8-10-15(11-9-14)23(25)26)27-19(22)21-16-7-5-6-12(2)20-16/h5-11H,4H2,1-3H3/b17-13-,21-19+. The van der Waals surface area contributed by atoms with Gasteiger partial charge in [0.25, 0.3) is 11.6 Å². The smallest absolute Gasteiger partial charge is 0.269 e. The van der Waals surface area contributed by atoms with E-state index in [2.05, 4.69) is 9.98 Å². The maximum Gasteiger partial charge on any atom is 0.269 e. The molecule has 27 heavy (non-hydrogen) atoms. The van der Waals surface area contributed by atoms with Gasteiger partial charge in [0.2, 0.25) is 0 Å². The fourth-order valence-corrected chi connectivity index (χ4v) is 3.76. The van der Waals surface area contributed by atoms with Crippen LogP contribution in [0.2, 0.25) is 0 Å². The molecule has 1 amide bonds. The first-order valence-electron chi connectivity index (χ1n) is 8.38. The number of likely N-dealkylation sites (N-methyl/N-ethyl adjacent to an activating group) is 1. The van der Waals surface area contributed by atoms with E-state index in [9.17, 15) is 14.9 Å². The Morgan fingerprint density at radius 1 is 1.26 bits per heavy atom. The average Bonchev–Trinajstić information content (AvgIpc) is 2.96. The summed E-state index contributed by atoms with van der Waals surface area (Å²) in [6, 6.07) is 11.7. The summed E-state index contributed by atoms with van der Waals surface area (Å²) in [6.07, 6.45) is 0. The normalized spacial score (nSPS) is 17.5. The highest BCUT2D eigenvalue weighted by molar-refractivity contribution is 8.18. The van der Waals surface area contributed by atoms with Gasteiger partial charge in [0.05, 0.1) is 9.83 Å². The molecule has 1 aliphatic heterocycles. The second-order valence-corrected chi connectivity index (χ2v) is 6.92. The number of aryl methyl sites for hydroxylation is 1. The highest BCUT2D eigenvalue weighted by Crippen LogP contribution is 2.37. The van der Waals surface area contributed by atoms with Crippen LogP contribution >= 0.6 is 11.8 Å². The molecule has 0 aliphatic carbocycles. The van der Waals surface area contributed by atoms with Gasteiger partial charge in [-0.2, -0.15) is 0 Å². The van der Waals surface area contributed by atoms with Crippen molar-refractivity contribution in [3.63, 3.8) is 0 Å². The van der Waals surface area contributed by atoms with Gasteiger partial charge < -0.3 is 0 Å². The van der Waals surface area contributed by atoms with Crippen molar-refractivity contribution in [1.82, 2.24) is 9.88 Å². The Kier molecular flexibility index (Phi) is 5.36. The summed E-state index contributed by atoms with van der Waals surface area (Å²) in [7, 11) is 0. The number of benzene rings is 1. The van der Waals surface area contributed by atoms with E-state index < -0.39 is 4.92 Å². The molecule has 0 unspecified atom stereocenters. The van der Waals surface area contributed by atoms with Gasteiger partial charge in [0.1, 0.15) is 0 Å². The van der Waals surface area contributed by atoms with Gasteiger partial charge in [0.15, 0.2) is 11.0 Å². The summed E-state index contributed by atoms with van der Waals surface area (Å²) in [5.41, 5.74) is 2.40. The number of carbonyl (C=O) groups excluding carboxylic acids is 1. The molecule has 7 nitrogen and oxygen atoms in total. The third kappa shape index (κ3) is 3.90. The Bertz CT molecular complexity index is 967. The van der Waals surface area contributed by atoms with Gasteiger partial charge in [-0.3, -0.25) is 19.8 Å². The van der Waals surface area contributed by atoms with E-state index in [-0.39, 0.29) is 11.6 Å². The maximum absolute atomic E-state index is 12.8. The zero-order valence-corrected chi connectivity index (χ0v) is 16.0. The monoisotopic (exact) mass is 382 g/mol. The van der Waals surface area contributed by atoms with Crippen molar-refractivity contribution in [3.8, 4) is 0 Å².